The quantitative estimate of drug-likeness (QED) is 0.783. The van der Waals surface area contributed by atoms with Crippen molar-refractivity contribution in [2.45, 2.75) is 25.1 Å². The van der Waals surface area contributed by atoms with Crippen molar-refractivity contribution >= 4 is 11.6 Å². The highest BCUT2D eigenvalue weighted by Crippen LogP contribution is 2.35. The molecule has 0 unspecified atom stereocenters. The lowest BCUT2D eigenvalue weighted by atomic mass is 10.1. The highest BCUT2D eigenvalue weighted by molar-refractivity contribution is 5.88. The van der Waals surface area contributed by atoms with Crippen molar-refractivity contribution in [2.75, 3.05) is 24.5 Å². The van der Waals surface area contributed by atoms with E-state index in [0.29, 0.717) is 25.1 Å². The van der Waals surface area contributed by atoms with Gasteiger partial charge in [-0.05, 0) is 24.5 Å². The second-order valence-electron chi connectivity index (χ2n) is 5.37. The Morgan fingerprint density at radius 3 is 2.71 bits per heavy atom. The summed E-state index contributed by atoms with van der Waals surface area (Å²) in [5.41, 5.74) is 1.17. The zero-order valence-electron chi connectivity index (χ0n) is 11.2. The summed E-state index contributed by atoms with van der Waals surface area (Å²) in [5, 5.41) is 0. The van der Waals surface area contributed by atoms with Gasteiger partial charge >= 0.3 is 6.18 Å². The van der Waals surface area contributed by atoms with Crippen LogP contribution in [-0.4, -0.2) is 42.7 Å². The van der Waals surface area contributed by atoms with Gasteiger partial charge in [0.25, 0.3) is 0 Å². The molecule has 1 aromatic rings. The molecule has 21 heavy (non-hydrogen) atoms. The molecular formula is C14H14F4N2O. The first-order valence-corrected chi connectivity index (χ1v) is 6.76. The fourth-order valence-corrected chi connectivity index (χ4v) is 3.13. The third-order valence-corrected chi connectivity index (χ3v) is 4.00. The van der Waals surface area contributed by atoms with Crippen molar-refractivity contribution < 1.29 is 22.4 Å². The van der Waals surface area contributed by atoms with Crippen molar-refractivity contribution in [2.24, 2.45) is 0 Å². The van der Waals surface area contributed by atoms with E-state index in [1.807, 2.05) is 0 Å². The first-order valence-electron chi connectivity index (χ1n) is 6.76. The summed E-state index contributed by atoms with van der Waals surface area (Å²) < 4.78 is 51.2. The minimum absolute atomic E-state index is 0.0588. The van der Waals surface area contributed by atoms with Crippen LogP contribution >= 0.6 is 0 Å². The molecule has 0 aliphatic carbocycles. The number of hydrogen-bond acceptors (Lipinski definition) is 2. The minimum atomic E-state index is -4.40. The summed E-state index contributed by atoms with van der Waals surface area (Å²) >= 11 is 0. The molecule has 114 valence electrons. The van der Waals surface area contributed by atoms with Crippen molar-refractivity contribution in [3.05, 3.63) is 29.6 Å². The number of rotatable bonds is 2. The van der Waals surface area contributed by atoms with E-state index in [4.69, 9.17) is 0 Å². The number of halogens is 4. The Hall–Kier alpha value is -1.79. The van der Waals surface area contributed by atoms with E-state index in [1.165, 1.54) is 6.07 Å². The van der Waals surface area contributed by atoms with Crippen LogP contribution in [0.4, 0.5) is 23.2 Å². The van der Waals surface area contributed by atoms with Gasteiger partial charge in [-0.3, -0.25) is 4.79 Å². The first-order chi connectivity index (χ1) is 9.87. The molecule has 1 atom stereocenters. The number of carbonyl (C=O) groups excluding carboxylic acids is 1. The molecule has 3 rings (SSSR count). The van der Waals surface area contributed by atoms with E-state index in [1.54, 1.807) is 17.0 Å². The predicted molar refractivity (Wildman–Crippen MR) is 68.5 cm³/mol. The van der Waals surface area contributed by atoms with Gasteiger partial charge in [0.1, 0.15) is 18.4 Å². The highest BCUT2D eigenvalue weighted by Gasteiger charge is 2.43. The number of likely N-dealkylation sites (tertiary alicyclic amines) is 1. The van der Waals surface area contributed by atoms with E-state index in [-0.39, 0.29) is 6.54 Å². The maximum absolute atomic E-state index is 13.9. The van der Waals surface area contributed by atoms with Gasteiger partial charge in [-0.1, -0.05) is 12.1 Å². The average molecular weight is 302 g/mol. The molecule has 2 aliphatic heterocycles. The van der Waals surface area contributed by atoms with Crippen LogP contribution in [0.25, 0.3) is 0 Å². The lowest BCUT2D eigenvalue weighted by Crippen LogP contribution is -2.43. The zero-order valence-corrected chi connectivity index (χ0v) is 11.2. The van der Waals surface area contributed by atoms with Gasteiger partial charge in [0.15, 0.2) is 0 Å². The fourth-order valence-electron chi connectivity index (χ4n) is 3.13. The molecule has 0 aromatic heterocycles. The maximum Gasteiger partial charge on any atom is 0.406 e. The van der Waals surface area contributed by atoms with E-state index in [2.05, 4.69) is 0 Å². The first kappa shape index (κ1) is 14.2. The van der Waals surface area contributed by atoms with Crippen LogP contribution in [0.15, 0.2) is 18.2 Å². The van der Waals surface area contributed by atoms with Crippen molar-refractivity contribution in [3.8, 4) is 0 Å². The topological polar surface area (TPSA) is 23.6 Å². The maximum atomic E-state index is 13.9. The van der Waals surface area contributed by atoms with Gasteiger partial charge in [-0.15, -0.1) is 0 Å². The molecule has 2 heterocycles. The van der Waals surface area contributed by atoms with E-state index < -0.39 is 30.5 Å². The average Bonchev–Trinajstić information content (AvgIpc) is 2.94. The molecule has 1 aromatic carbocycles. The molecule has 2 aliphatic rings. The molecule has 0 radical (unpaired) electrons. The lowest BCUT2D eigenvalue weighted by Gasteiger charge is -2.26. The van der Waals surface area contributed by atoms with Gasteiger partial charge in [0.05, 0.1) is 5.69 Å². The molecule has 1 saturated heterocycles. The number of alkyl halides is 3. The van der Waals surface area contributed by atoms with Crippen LogP contribution in [0.5, 0.6) is 0 Å². The Bertz CT molecular complexity index is 573. The summed E-state index contributed by atoms with van der Waals surface area (Å²) in [6.45, 7) is -0.712. The monoisotopic (exact) mass is 302 g/mol. The van der Waals surface area contributed by atoms with Crippen LogP contribution < -0.4 is 4.90 Å². The number of nitrogens with zero attached hydrogens (tertiary/aromatic N) is 2. The molecule has 7 heteroatoms. The summed E-state index contributed by atoms with van der Waals surface area (Å²) in [4.78, 5) is 14.6. The molecule has 1 fully saturated rings. The third-order valence-electron chi connectivity index (χ3n) is 4.00. The summed E-state index contributed by atoms with van der Waals surface area (Å²) in [6.07, 6.45) is -3.50. The van der Waals surface area contributed by atoms with E-state index >= 15 is 0 Å². The molecule has 3 nitrogen and oxygen atoms in total. The zero-order chi connectivity index (χ0) is 15.2. The number of anilines is 1. The minimum Gasteiger partial charge on any atom is -0.357 e. The van der Waals surface area contributed by atoms with Crippen LogP contribution in [0.1, 0.15) is 12.0 Å². The van der Waals surface area contributed by atoms with Crippen LogP contribution in [0.3, 0.4) is 0 Å². The van der Waals surface area contributed by atoms with Crippen LogP contribution in [0, 0.1) is 5.82 Å². The van der Waals surface area contributed by atoms with Gasteiger partial charge in [0.2, 0.25) is 5.91 Å². The van der Waals surface area contributed by atoms with E-state index in [0.717, 1.165) is 10.5 Å². The van der Waals surface area contributed by atoms with Gasteiger partial charge in [-0.2, -0.15) is 13.2 Å². The highest BCUT2D eigenvalue weighted by atomic mass is 19.4. The van der Waals surface area contributed by atoms with Crippen molar-refractivity contribution in [1.29, 1.82) is 0 Å². The Kier molecular flexibility index (Phi) is 3.30. The van der Waals surface area contributed by atoms with Gasteiger partial charge in [-0.25, -0.2) is 4.39 Å². The number of para-hydroxylation sites is 1. The molecule has 0 N–H and O–H groups in total. The fraction of sp³-hybridized carbons (Fsp3) is 0.500. The van der Waals surface area contributed by atoms with Crippen molar-refractivity contribution in [3.63, 3.8) is 0 Å². The van der Waals surface area contributed by atoms with E-state index in [9.17, 15) is 22.4 Å². The number of hydrogen-bond donors (Lipinski definition) is 0. The van der Waals surface area contributed by atoms with Gasteiger partial charge in [0, 0.05) is 13.1 Å². The Balaban J connectivity index is 1.80. The number of fused-ring (bicyclic) bond motifs is 1. The summed E-state index contributed by atoms with van der Waals surface area (Å²) in [6, 6.07) is 4.00. The third kappa shape index (κ3) is 2.56. The van der Waals surface area contributed by atoms with Crippen LogP contribution in [-0.2, 0) is 11.2 Å². The number of carbonyl (C=O) groups is 1. The standard InChI is InChI=1S/C14H14F4N2O/c15-10-3-1-2-9-4-7-20(12(9)10)11-5-6-19(13(11)21)8-14(16,17)18/h1-3,11H,4-8H2/t11-/m1/s1. The second-order valence-corrected chi connectivity index (χ2v) is 5.37. The van der Waals surface area contributed by atoms with Crippen molar-refractivity contribution in [1.82, 2.24) is 4.90 Å². The molecule has 0 bridgehead atoms. The molecule has 1 amide bonds. The SMILES string of the molecule is O=C1[C@H](N2CCc3cccc(F)c32)CCN1CC(F)(F)F. The largest absolute Gasteiger partial charge is 0.406 e. The number of amides is 1. The molecule has 0 spiro atoms. The molecular weight excluding hydrogens is 288 g/mol. The number of benzene rings is 1. The van der Waals surface area contributed by atoms with Crippen LogP contribution in [0.2, 0.25) is 0 Å². The summed E-state index contributed by atoms with van der Waals surface area (Å²) in [5.74, 6) is -0.990. The summed E-state index contributed by atoms with van der Waals surface area (Å²) in [7, 11) is 0. The predicted octanol–water partition coefficient (Wildman–Crippen LogP) is 2.35. The Morgan fingerprint density at radius 2 is 2.00 bits per heavy atom. The smallest absolute Gasteiger partial charge is 0.357 e. The lowest BCUT2D eigenvalue weighted by molar-refractivity contribution is -0.157. The second kappa shape index (κ2) is 4.89. The normalized spacial score (nSPS) is 22.1. The Morgan fingerprint density at radius 1 is 1.24 bits per heavy atom. The van der Waals surface area contributed by atoms with Gasteiger partial charge < -0.3 is 9.80 Å². The Labute approximate surface area is 119 Å². The molecule has 0 saturated carbocycles.